The average Bonchev–Trinajstić information content (AvgIpc) is 3.44. The lowest BCUT2D eigenvalue weighted by molar-refractivity contribution is -0.310. The Bertz CT molecular complexity index is 1320. The van der Waals surface area contributed by atoms with Crippen LogP contribution in [0.5, 0.6) is 5.75 Å². The van der Waals surface area contributed by atoms with Gasteiger partial charge in [0.2, 0.25) is 0 Å². The van der Waals surface area contributed by atoms with Crippen LogP contribution in [0.2, 0.25) is 0 Å². The maximum atomic E-state index is 13.0. The fourth-order valence-electron chi connectivity index (χ4n) is 6.82. The highest BCUT2D eigenvalue weighted by Gasteiger charge is 2.55. The van der Waals surface area contributed by atoms with Crippen LogP contribution in [0.1, 0.15) is 6.42 Å². The van der Waals surface area contributed by atoms with Gasteiger partial charge in [0, 0.05) is 24.3 Å². The molecule has 3 saturated heterocycles. The van der Waals surface area contributed by atoms with Crippen molar-refractivity contribution >= 4 is 11.7 Å². The minimum atomic E-state index is -1.74. The first-order valence-electron chi connectivity index (χ1n) is 17.1. The van der Waals surface area contributed by atoms with E-state index >= 15 is 0 Å². The molecule has 1 aromatic carbocycles. The van der Waals surface area contributed by atoms with E-state index in [4.69, 9.17) is 56.1 Å². The van der Waals surface area contributed by atoms with Gasteiger partial charge in [-0.1, -0.05) is 0 Å². The zero-order valence-electron chi connectivity index (χ0n) is 28.8. The average molecular weight is 765 g/mol. The molecule has 4 fully saturated rings. The van der Waals surface area contributed by atoms with Gasteiger partial charge in [0.1, 0.15) is 78.9 Å². The highest BCUT2D eigenvalue weighted by Crippen LogP contribution is 2.34. The molecule has 302 valence electrons. The number of ether oxygens (including phenoxy) is 7. The van der Waals surface area contributed by atoms with Crippen LogP contribution < -0.4 is 38.3 Å². The van der Waals surface area contributed by atoms with E-state index in [0.717, 1.165) is 0 Å². The molecule has 22 heteroatoms. The number of hydrogen-bond acceptors (Lipinski definition) is 20. The normalized spacial score (nSPS) is 44.7. The zero-order valence-corrected chi connectivity index (χ0v) is 28.8. The molecule has 0 radical (unpaired) electrons. The summed E-state index contributed by atoms with van der Waals surface area (Å²) < 4.78 is 40.3. The summed E-state index contributed by atoms with van der Waals surface area (Å²) in [5, 5.41) is 89.8. The van der Waals surface area contributed by atoms with Gasteiger partial charge < -0.3 is 108 Å². The Balaban J connectivity index is 1.32. The Morgan fingerprint density at radius 1 is 0.717 bits per heavy atom. The summed E-state index contributed by atoms with van der Waals surface area (Å²) in [5.74, 6) is 0.542. The maximum absolute atomic E-state index is 13.0. The number of aliphatic hydroxyl groups is 8. The SMILES string of the molecule is COc1ccc(NC(=O)N[C@H]2C(O)[C@H](O)C(CN)O[C@@H]2OC2[C@@H](CO)O[C@@H](OC3[C@H](O[C@H]4OC(CO)[C@@H](O)[C@H](O)C4N)C(N)C[C@@H](N)[C@H]3O)[C@H]2O)cc1. The molecule has 19 atom stereocenters. The summed E-state index contributed by atoms with van der Waals surface area (Å²) >= 11 is 0. The second kappa shape index (κ2) is 18.0. The van der Waals surface area contributed by atoms with E-state index in [9.17, 15) is 45.6 Å². The second-order valence-electron chi connectivity index (χ2n) is 13.5. The number of urea groups is 1. The summed E-state index contributed by atoms with van der Waals surface area (Å²) in [6.45, 7) is -1.69. The van der Waals surface area contributed by atoms with Crippen molar-refractivity contribution in [2.45, 2.75) is 123 Å². The molecule has 3 aliphatic heterocycles. The van der Waals surface area contributed by atoms with Crippen LogP contribution in [0.4, 0.5) is 10.5 Å². The molecule has 0 aromatic heterocycles. The number of anilines is 1. The van der Waals surface area contributed by atoms with Crippen molar-refractivity contribution in [3.63, 3.8) is 0 Å². The number of methoxy groups -OCH3 is 1. The minimum absolute atomic E-state index is 0.0251. The van der Waals surface area contributed by atoms with Crippen molar-refractivity contribution in [1.82, 2.24) is 5.32 Å². The molecular weight excluding hydrogens is 712 g/mol. The fraction of sp³-hybridized carbons (Fsp3) is 0.774. The number of amides is 2. The molecule has 1 aliphatic carbocycles. The van der Waals surface area contributed by atoms with Crippen molar-refractivity contribution < 1.29 is 78.8 Å². The number of rotatable bonds is 12. The molecule has 1 saturated carbocycles. The summed E-state index contributed by atoms with van der Waals surface area (Å²) in [4.78, 5) is 13.0. The molecule has 3 heterocycles. The molecule has 22 nitrogen and oxygen atoms in total. The van der Waals surface area contributed by atoms with Crippen molar-refractivity contribution in [1.29, 1.82) is 0 Å². The number of carbonyl (C=O) groups is 1. The first-order valence-corrected chi connectivity index (χ1v) is 17.1. The molecule has 2 amide bonds. The minimum Gasteiger partial charge on any atom is -0.497 e. The molecule has 18 N–H and O–H groups in total. The fourth-order valence-corrected chi connectivity index (χ4v) is 6.82. The lowest BCUT2D eigenvalue weighted by Gasteiger charge is -2.47. The van der Waals surface area contributed by atoms with Gasteiger partial charge in [0.25, 0.3) is 0 Å². The van der Waals surface area contributed by atoms with E-state index in [0.29, 0.717) is 11.4 Å². The van der Waals surface area contributed by atoms with Crippen LogP contribution in [0.25, 0.3) is 0 Å². The van der Waals surface area contributed by atoms with E-state index in [2.05, 4.69) is 10.6 Å². The van der Waals surface area contributed by atoms with Gasteiger partial charge in [-0.3, -0.25) is 0 Å². The van der Waals surface area contributed by atoms with Crippen LogP contribution in [-0.4, -0.2) is 190 Å². The molecule has 1 aromatic rings. The molecule has 0 spiro atoms. The Labute approximate surface area is 303 Å². The van der Waals surface area contributed by atoms with Crippen molar-refractivity contribution in [2.75, 3.05) is 32.2 Å². The monoisotopic (exact) mass is 764 g/mol. The third-order valence-electron chi connectivity index (χ3n) is 9.92. The van der Waals surface area contributed by atoms with Crippen molar-refractivity contribution in [2.24, 2.45) is 22.9 Å². The van der Waals surface area contributed by atoms with Crippen LogP contribution in [0, 0.1) is 0 Å². The van der Waals surface area contributed by atoms with Gasteiger partial charge >= 0.3 is 6.03 Å². The molecule has 0 bridgehead atoms. The summed E-state index contributed by atoms with van der Waals surface area (Å²) in [7, 11) is 1.48. The van der Waals surface area contributed by atoms with Crippen LogP contribution in [0.15, 0.2) is 24.3 Å². The van der Waals surface area contributed by atoms with Crippen molar-refractivity contribution in [3.8, 4) is 5.75 Å². The summed E-state index contributed by atoms with van der Waals surface area (Å²) in [6, 6.07) is 0.859. The summed E-state index contributed by atoms with van der Waals surface area (Å²) in [6.07, 6.45) is -22.1. The first-order chi connectivity index (χ1) is 25.2. The Morgan fingerprint density at radius 3 is 1.92 bits per heavy atom. The van der Waals surface area contributed by atoms with E-state index in [1.807, 2.05) is 0 Å². The number of benzene rings is 1. The van der Waals surface area contributed by atoms with Gasteiger partial charge in [0.05, 0.1) is 32.5 Å². The number of nitrogens with one attached hydrogen (secondary N) is 2. The third kappa shape index (κ3) is 9.01. The van der Waals surface area contributed by atoms with E-state index < -0.39 is 136 Å². The molecule has 5 rings (SSSR count). The standard InChI is InChI=1S/C31H52N6O16/c1-47-11-4-2-10(3-5-11)36-31(46)37-18-23(44)20(41)14(7-32)48-29(18)52-26-16(9-39)50-30(24(26)45)53-27-19(40)12(33)6-13(34)25(27)51-28-17(35)22(43)21(42)15(8-38)49-28/h2-5,12-30,38-45H,6-9,32-35H2,1H3,(H2,36,37,46)/t12-,13?,14?,15?,16-,17?,18+,19-,20-,21-,22-,23?,24+,25-,26?,27?,28-,29-,30+/m1/s1. The van der Waals surface area contributed by atoms with E-state index in [-0.39, 0.29) is 13.0 Å². The van der Waals surface area contributed by atoms with Crippen LogP contribution >= 0.6 is 0 Å². The summed E-state index contributed by atoms with van der Waals surface area (Å²) in [5.41, 5.74) is 24.7. The van der Waals surface area contributed by atoms with Gasteiger partial charge in [-0.05, 0) is 30.7 Å². The predicted molar refractivity (Wildman–Crippen MR) is 177 cm³/mol. The van der Waals surface area contributed by atoms with E-state index in [1.54, 1.807) is 24.3 Å². The zero-order chi connectivity index (χ0) is 38.7. The van der Waals surface area contributed by atoms with Crippen molar-refractivity contribution in [3.05, 3.63) is 24.3 Å². The quantitative estimate of drug-likeness (QED) is 0.0940. The number of carbonyl (C=O) groups excluding carboxylic acids is 1. The van der Waals surface area contributed by atoms with Gasteiger partial charge in [-0.15, -0.1) is 0 Å². The number of hydrogen-bond donors (Lipinski definition) is 14. The molecule has 7 unspecified atom stereocenters. The first kappa shape index (κ1) is 41.7. The highest BCUT2D eigenvalue weighted by atomic mass is 16.8. The Hall–Kier alpha value is -2.43. The maximum Gasteiger partial charge on any atom is 0.319 e. The van der Waals surface area contributed by atoms with Crippen LogP contribution in [0.3, 0.4) is 0 Å². The second-order valence-corrected chi connectivity index (χ2v) is 13.5. The largest absolute Gasteiger partial charge is 0.497 e. The third-order valence-corrected chi connectivity index (χ3v) is 9.92. The lowest BCUT2D eigenvalue weighted by atomic mass is 9.84. The number of aliphatic hydroxyl groups excluding tert-OH is 8. The molecular formula is C31H52N6O16. The predicted octanol–water partition coefficient (Wildman–Crippen LogP) is -6.99. The lowest BCUT2D eigenvalue weighted by Crippen LogP contribution is -2.68. The topological polar surface area (TPSA) is 372 Å². The Morgan fingerprint density at radius 2 is 1.30 bits per heavy atom. The van der Waals surface area contributed by atoms with Gasteiger partial charge in [0.15, 0.2) is 18.9 Å². The number of nitrogens with two attached hydrogens (primary N) is 4. The molecule has 4 aliphatic rings. The van der Waals surface area contributed by atoms with Crippen LogP contribution in [-0.2, 0) is 28.4 Å². The van der Waals surface area contributed by atoms with Gasteiger partial charge in [-0.25, -0.2) is 4.79 Å². The smallest absolute Gasteiger partial charge is 0.319 e. The molecule has 53 heavy (non-hydrogen) atoms. The highest BCUT2D eigenvalue weighted by molar-refractivity contribution is 5.89. The Kier molecular flexibility index (Phi) is 14.2. The van der Waals surface area contributed by atoms with E-state index in [1.165, 1.54) is 7.11 Å². The van der Waals surface area contributed by atoms with Gasteiger partial charge in [-0.2, -0.15) is 0 Å².